The molecular formula is C12H11BrClN7O. The topological polar surface area (TPSA) is 82.7 Å². The van der Waals surface area contributed by atoms with Gasteiger partial charge in [0.1, 0.15) is 10.3 Å². The molecule has 0 saturated heterocycles. The molecule has 0 unspecified atom stereocenters. The quantitative estimate of drug-likeness (QED) is 0.641. The number of fused-ring (bicyclic) bond motifs is 2. The van der Waals surface area contributed by atoms with E-state index >= 15 is 0 Å². The minimum atomic E-state index is 0.405. The van der Waals surface area contributed by atoms with Gasteiger partial charge in [0.2, 0.25) is 5.95 Å². The van der Waals surface area contributed by atoms with Crippen LogP contribution in [0.1, 0.15) is 6.42 Å². The summed E-state index contributed by atoms with van der Waals surface area (Å²) in [4.78, 5) is 8.79. The van der Waals surface area contributed by atoms with Crippen molar-refractivity contribution in [2.24, 2.45) is 7.05 Å². The van der Waals surface area contributed by atoms with Gasteiger partial charge in [-0.3, -0.25) is 4.68 Å². The normalized spacial score (nSPS) is 14.3. The van der Waals surface area contributed by atoms with Crippen molar-refractivity contribution in [3.05, 3.63) is 16.0 Å². The second-order valence-electron chi connectivity index (χ2n) is 4.87. The van der Waals surface area contributed by atoms with Crippen LogP contribution in [-0.2, 0) is 13.6 Å². The van der Waals surface area contributed by atoms with Crippen molar-refractivity contribution in [1.82, 2.24) is 29.5 Å². The monoisotopic (exact) mass is 383 g/mol. The Labute approximate surface area is 138 Å². The summed E-state index contributed by atoms with van der Waals surface area (Å²) in [5, 5.41) is 12.9. The third-order valence-corrected chi connectivity index (χ3v) is 4.57. The van der Waals surface area contributed by atoms with E-state index in [1.807, 2.05) is 7.05 Å². The van der Waals surface area contributed by atoms with Gasteiger partial charge in [-0.2, -0.15) is 10.1 Å². The molecule has 1 N–H and O–H groups in total. The second kappa shape index (κ2) is 5.10. The molecule has 3 aromatic heterocycles. The molecule has 0 aliphatic carbocycles. The van der Waals surface area contributed by atoms with Crippen LogP contribution in [-0.4, -0.2) is 36.1 Å². The fraction of sp³-hybridized carbons (Fsp3) is 0.333. The van der Waals surface area contributed by atoms with Crippen LogP contribution in [0.15, 0.2) is 10.8 Å². The molecule has 0 fully saturated rings. The summed E-state index contributed by atoms with van der Waals surface area (Å²) in [6, 6.07) is 0. The molecule has 4 rings (SSSR count). The van der Waals surface area contributed by atoms with Gasteiger partial charge >= 0.3 is 0 Å². The van der Waals surface area contributed by atoms with Gasteiger partial charge < -0.3 is 10.1 Å². The van der Waals surface area contributed by atoms with Gasteiger partial charge in [0.15, 0.2) is 10.8 Å². The Morgan fingerprint density at radius 3 is 3.14 bits per heavy atom. The van der Waals surface area contributed by atoms with E-state index in [4.69, 9.17) is 16.3 Å². The first-order valence-electron chi connectivity index (χ1n) is 6.65. The molecule has 2 bridgehead atoms. The number of ether oxygens (including phenoxy) is 1. The molecule has 8 nitrogen and oxygen atoms in total. The summed E-state index contributed by atoms with van der Waals surface area (Å²) >= 11 is 9.61. The summed E-state index contributed by atoms with van der Waals surface area (Å²) < 4.78 is 9.96. The Kier molecular flexibility index (Phi) is 3.19. The first-order chi connectivity index (χ1) is 10.6. The average Bonchev–Trinajstić information content (AvgIpc) is 2.95. The molecular weight excluding hydrogens is 374 g/mol. The van der Waals surface area contributed by atoms with E-state index < -0.39 is 0 Å². The number of hydrogen-bond acceptors (Lipinski definition) is 6. The van der Waals surface area contributed by atoms with E-state index in [2.05, 4.69) is 41.4 Å². The second-order valence-corrected chi connectivity index (χ2v) is 5.98. The van der Waals surface area contributed by atoms with E-state index in [0.717, 1.165) is 16.4 Å². The predicted octanol–water partition coefficient (Wildman–Crippen LogP) is 2.50. The lowest BCUT2D eigenvalue weighted by atomic mass is 10.4. The molecule has 1 aliphatic heterocycles. The molecule has 22 heavy (non-hydrogen) atoms. The first kappa shape index (κ1) is 13.8. The number of anilines is 2. The van der Waals surface area contributed by atoms with E-state index in [1.165, 1.54) is 0 Å². The molecule has 0 atom stereocenters. The number of nitrogens with one attached hydrogen (secondary N) is 1. The van der Waals surface area contributed by atoms with Crippen molar-refractivity contribution < 1.29 is 4.74 Å². The SMILES string of the molecule is Cn1nc2c(c1Br)Nc1ncc3c(Cl)nn(c3n1)CCCO2. The molecule has 114 valence electrons. The molecule has 0 saturated carbocycles. The summed E-state index contributed by atoms with van der Waals surface area (Å²) in [5.74, 6) is 0.946. The van der Waals surface area contributed by atoms with Crippen LogP contribution in [0.4, 0.5) is 11.6 Å². The highest BCUT2D eigenvalue weighted by atomic mass is 79.9. The Morgan fingerprint density at radius 2 is 2.27 bits per heavy atom. The minimum absolute atomic E-state index is 0.405. The number of aromatic nitrogens is 6. The fourth-order valence-electron chi connectivity index (χ4n) is 2.32. The third kappa shape index (κ3) is 2.12. The molecule has 0 amide bonds. The maximum absolute atomic E-state index is 6.13. The highest BCUT2D eigenvalue weighted by Crippen LogP contribution is 2.34. The van der Waals surface area contributed by atoms with Gasteiger partial charge in [-0.25, -0.2) is 9.67 Å². The van der Waals surface area contributed by atoms with Crippen LogP contribution in [0.2, 0.25) is 5.15 Å². The number of rotatable bonds is 0. The first-order valence-corrected chi connectivity index (χ1v) is 7.82. The minimum Gasteiger partial charge on any atom is -0.475 e. The van der Waals surface area contributed by atoms with Crippen LogP contribution >= 0.6 is 27.5 Å². The van der Waals surface area contributed by atoms with Crippen LogP contribution < -0.4 is 10.1 Å². The van der Waals surface area contributed by atoms with Crippen molar-refractivity contribution >= 4 is 50.2 Å². The van der Waals surface area contributed by atoms with Gasteiger partial charge in [-0.05, 0) is 15.9 Å². The number of nitrogens with zero attached hydrogens (tertiary/aromatic N) is 6. The number of halogens is 2. The van der Waals surface area contributed by atoms with Crippen molar-refractivity contribution in [2.45, 2.75) is 13.0 Å². The van der Waals surface area contributed by atoms with E-state index in [9.17, 15) is 0 Å². The maximum Gasteiger partial charge on any atom is 0.258 e. The standard InChI is InChI=1S/C12H11BrClN7O/c1-20-8(13)7-11(19-20)22-4-2-3-21-10-6(9(14)18-21)5-15-12(16-7)17-10/h5H,2-4H2,1H3,(H,15,16,17). The van der Waals surface area contributed by atoms with Crippen molar-refractivity contribution in [1.29, 1.82) is 0 Å². The molecule has 10 heteroatoms. The molecule has 3 aromatic rings. The lowest BCUT2D eigenvalue weighted by Crippen LogP contribution is -2.06. The van der Waals surface area contributed by atoms with E-state index in [-0.39, 0.29) is 0 Å². The van der Waals surface area contributed by atoms with Gasteiger partial charge in [0.05, 0.1) is 12.0 Å². The lowest BCUT2D eigenvalue weighted by Gasteiger charge is -2.05. The largest absolute Gasteiger partial charge is 0.475 e. The zero-order valence-electron chi connectivity index (χ0n) is 11.5. The van der Waals surface area contributed by atoms with Gasteiger partial charge in [0.25, 0.3) is 5.88 Å². The molecule has 4 heterocycles. The van der Waals surface area contributed by atoms with Crippen molar-refractivity contribution in [3.8, 4) is 5.88 Å². The summed E-state index contributed by atoms with van der Waals surface area (Å²) in [5.41, 5.74) is 1.40. The molecule has 0 aromatic carbocycles. The van der Waals surface area contributed by atoms with Crippen LogP contribution in [0.25, 0.3) is 11.0 Å². The van der Waals surface area contributed by atoms with Crippen LogP contribution in [0.3, 0.4) is 0 Å². The van der Waals surface area contributed by atoms with Gasteiger partial charge in [-0.15, -0.1) is 5.10 Å². The average molecular weight is 385 g/mol. The van der Waals surface area contributed by atoms with Crippen LogP contribution in [0, 0.1) is 0 Å². The number of hydrogen-bond donors (Lipinski definition) is 1. The van der Waals surface area contributed by atoms with Gasteiger partial charge in [0, 0.05) is 26.2 Å². The Morgan fingerprint density at radius 1 is 1.41 bits per heavy atom. The van der Waals surface area contributed by atoms with Crippen molar-refractivity contribution in [3.63, 3.8) is 0 Å². The highest BCUT2D eigenvalue weighted by molar-refractivity contribution is 9.10. The number of aryl methyl sites for hydroxylation is 2. The van der Waals surface area contributed by atoms with E-state index in [0.29, 0.717) is 41.5 Å². The summed E-state index contributed by atoms with van der Waals surface area (Å²) in [7, 11) is 1.83. The van der Waals surface area contributed by atoms with E-state index in [1.54, 1.807) is 15.6 Å². The fourth-order valence-corrected chi connectivity index (χ4v) is 2.89. The summed E-state index contributed by atoms with van der Waals surface area (Å²) in [6.07, 6.45) is 2.43. The molecule has 0 radical (unpaired) electrons. The summed E-state index contributed by atoms with van der Waals surface area (Å²) in [6.45, 7) is 1.17. The maximum atomic E-state index is 6.13. The highest BCUT2D eigenvalue weighted by Gasteiger charge is 2.19. The Hall–Kier alpha value is -1.87. The lowest BCUT2D eigenvalue weighted by molar-refractivity contribution is 0.287. The Balaban J connectivity index is 1.88. The molecule has 1 aliphatic rings. The smallest absolute Gasteiger partial charge is 0.258 e. The van der Waals surface area contributed by atoms with Crippen LogP contribution in [0.5, 0.6) is 5.88 Å². The zero-order chi connectivity index (χ0) is 15.3. The zero-order valence-corrected chi connectivity index (χ0v) is 13.9. The predicted molar refractivity (Wildman–Crippen MR) is 84.6 cm³/mol. The van der Waals surface area contributed by atoms with Gasteiger partial charge in [-0.1, -0.05) is 11.6 Å². The molecule has 0 spiro atoms. The Bertz CT molecular complexity index is 874. The van der Waals surface area contributed by atoms with Crippen molar-refractivity contribution in [2.75, 3.05) is 11.9 Å². The third-order valence-electron chi connectivity index (χ3n) is 3.38.